The van der Waals surface area contributed by atoms with Crippen molar-refractivity contribution >= 4 is 5.91 Å². The van der Waals surface area contributed by atoms with E-state index in [2.05, 4.69) is 16.8 Å². The van der Waals surface area contributed by atoms with Crippen LogP contribution in [0, 0.1) is 0 Å². The van der Waals surface area contributed by atoms with Crippen molar-refractivity contribution in [2.24, 2.45) is 0 Å². The highest BCUT2D eigenvalue weighted by Crippen LogP contribution is 2.17. The molecule has 2 aromatic rings. The van der Waals surface area contributed by atoms with Gasteiger partial charge in [0.05, 0.1) is 12.2 Å². The first-order valence-electron chi connectivity index (χ1n) is 10.6. The van der Waals surface area contributed by atoms with Gasteiger partial charge in [0.2, 0.25) is 0 Å². The molecule has 0 heterocycles. The van der Waals surface area contributed by atoms with Gasteiger partial charge in [-0.1, -0.05) is 43.0 Å². The van der Waals surface area contributed by atoms with Gasteiger partial charge < -0.3 is 14.8 Å². The smallest absolute Gasteiger partial charge is 0.251 e. The highest BCUT2D eigenvalue weighted by atomic mass is 17.1. The molecule has 1 amide bonds. The van der Waals surface area contributed by atoms with Crippen molar-refractivity contribution in [3.8, 4) is 5.75 Å². The van der Waals surface area contributed by atoms with E-state index in [1.807, 2.05) is 62.4 Å². The van der Waals surface area contributed by atoms with E-state index >= 15 is 0 Å². The first-order chi connectivity index (χ1) is 15.3. The summed E-state index contributed by atoms with van der Waals surface area (Å²) >= 11 is 0. The van der Waals surface area contributed by atoms with Crippen LogP contribution in [0.25, 0.3) is 0 Å². The number of rotatable bonds is 13. The Morgan fingerprint density at radius 1 is 1.16 bits per heavy atom. The van der Waals surface area contributed by atoms with Crippen molar-refractivity contribution in [3.63, 3.8) is 0 Å². The molecule has 0 aliphatic rings. The van der Waals surface area contributed by atoms with E-state index in [-0.39, 0.29) is 5.91 Å². The van der Waals surface area contributed by atoms with Crippen LogP contribution in [0.4, 0.5) is 0 Å². The van der Waals surface area contributed by atoms with Gasteiger partial charge in [-0.3, -0.25) is 10.1 Å². The quantitative estimate of drug-likeness (QED) is 0.266. The fraction of sp³-hybridized carbons (Fsp3) is 0.346. The molecule has 0 bridgehead atoms. The molecular weight excluding hydrogens is 406 g/mol. The van der Waals surface area contributed by atoms with E-state index in [1.54, 1.807) is 25.3 Å². The Hall–Kier alpha value is -2.93. The summed E-state index contributed by atoms with van der Waals surface area (Å²) in [5, 5.41) is 12.1. The third-order valence-electron chi connectivity index (χ3n) is 5.06. The fourth-order valence-corrected chi connectivity index (χ4v) is 2.84. The lowest BCUT2D eigenvalue weighted by atomic mass is 10.0. The molecule has 2 N–H and O–H groups in total. The van der Waals surface area contributed by atoms with Gasteiger partial charge >= 0.3 is 0 Å². The third-order valence-corrected chi connectivity index (χ3v) is 5.06. The lowest BCUT2D eigenvalue weighted by Crippen LogP contribution is -2.25. The molecule has 6 heteroatoms. The van der Waals surface area contributed by atoms with E-state index in [9.17, 15) is 4.79 Å². The topological polar surface area (TPSA) is 77.0 Å². The minimum Gasteiger partial charge on any atom is -0.493 e. The molecular formula is C26H33NO5. The van der Waals surface area contributed by atoms with Gasteiger partial charge in [-0.25, -0.2) is 4.89 Å². The number of hydrogen-bond acceptors (Lipinski definition) is 5. The van der Waals surface area contributed by atoms with E-state index < -0.39 is 11.7 Å². The maximum absolute atomic E-state index is 12.1. The number of nitrogens with one attached hydrogen (secondary N) is 1. The number of hydrogen-bond donors (Lipinski definition) is 2. The Morgan fingerprint density at radius 3 is 2.47 bits per heavy atom. The molecule has 6 nitrogen and oxygen atoms in total. The number of methoxy groups -OCH3 is 1. The van der Waals surface area contributed by atoms with Crippen molar-refractivity contribution < 1.29 is 24.4 Å². The second kappa shape index (κ2) is 12.8. The zero-order valence-corrected chi connectivity index (χ0v) is 19.0. The monoisotopic (exact) mass is 439 g/mol. The second-order valence-electron chi connectivity index (χ2n) is 7.97. The zero-order chi connectivity index (χ0) is 23.4. The summed E-state index contributed by atoms with van der Waals surface area (Å²) in [6, 6.07) is 16.9. The molecule has 172 valence electrons. The maximum Gasteiger partial charge on any atom is 0.251 e. The maximum atomic E-state index is 12.1. The number of carbonyl (C=O) groups is 1. The van der Waals surface area contributed by atoms with E-state index in [4.69, 9.17) is 14.7 Å². The van der Waals surface area contributed by atoms with Gasteiger partial charge in [-0.15, -0.1) is 0 Å². The minimum absolute atomic E-state index is 0.0726. The van der Waals surface area contributed by atoms with Crippen molar-refractivity contribution in [1.29, 1.82) is 0 Å². The van der Waals surface area contributed by atoms with Crippen molar-refractivity contribution in [3.05, 3.63) is 90.0 Å². The minimum atomic E-state index is -0.624. The molecule has 0 aromatic heterocycles. The molecule has 2 aromatic carbocycles. The molecule has 0 aliphatic heterocycles. The summed E-state index contributed by atoms with van der Waals surface area (Å²) in [5.74, 6) is 0.670. The number of carbonyl (C=O) groups excluding carboxylic acids is 1. The van der Waals surface area contributed by atoms with Gasteiger partial charge in [0.15, 0.2) is 0 Å². The molecule has 1 unspecified atom stereocenters. The normalized spacial score (nSPS) is 12.5. The average Bonchev–Trinajstić information content (AvgIpc) is 2.81. The molecule has 0 fully saturated rings. The molecule has 2 rings (SSSR count). The highest BCUT2D eigenvalue weighted by molar-refractivity contribution is 5.94. The Balaban J connectivity index is 1.73. The van der Waals surface area contributed by atoms with Gasteiger partial charge in [-0.05, 0) is 61.7 Å². The standard InChI is InChI=1S/C26H33NO5/c1-20(24(32-29)14-17-26(2,3)30-4)16-19-31-23-12-10-21(11-13-23)15-18-27-25(28)22-8-6-5-7-9-22/h5-14,17,24,29H,1,15-16,18-19H2,2-4H3,(H,27,28)/b17-14+. The Morgan fingerprint density at radius 2 is 1.84 bits per heavy atom. The molecule has 0 saturated heterocycles. The summed E-state index contributed by atoms with van der Waals surface area (Å²) in [6.07, 6.45) is 4.17. The predicted octanol–water partition coefficient (Wildman–Crippen LogP) is 4.82. The van der Waals surface area contributed by atoms with Crippen LogP contribution in [-0.4, -0.2) is 43.1 Å². The summed E-state index contributed by atoms with van der Waals surface area (Å²) in [7, 11) is 1.62. The second-order valence-corrected chi connectivity index (χ2v) is 7.97. The number of ether oxygens (including phenoxy) is 2. The van der Waals surface area contributed by atoms with Crippen LogP contribution in [-0.2, 0) is 16.0 Å². The van der Waals surface area contributed by atoms with Crippen LogP contribution in [0.15, 0.2) is 78.9 Å². The predicted molar refractivity (Wildman–Crippen MR) is 126 cm³/mol. The molecule has 0 aliphatic carbocycles. The fourth-order valence-electron chi connectivity index (χ4n) is 2.84. The van der Waals surface area contributed by atoms with Crippen molar-refractivity contribution in [1.82, 2.24) is 5.32 Å². The molecule has 0 spiro atoms. The summed E-state index contributed by atoms with van der Waals surface area (Å²) in [4.78, 5) is 16.6. The van der Waals surface area contributed by atoms with Crippen molar-refractivity contribution in [2.75, 3.05) is 20.3 Å². The van der Waals surface area contributed by atoms with Crippen LogP contribution in [0.3, 0.4) is 0 Å². The largest absolute Gasteiger partial charge is 0.493 e. The molecule has 1 atom stereocenters. The van der Waals surface area contributed by atoms with Gasteiger partial charge in [0.25, 0.3) is 5.91 Å². The third kappa shape index (κ3) is 8.67. The van der Waals surface area contributed by atoms with E-state index in [0.29, 0.717) is 30.7 Å². The Labute approximate surface area is 190 Å². The van der Waals surface area contributed by atoms with Crippen LogP contribution < -0.4 is 10.1 Å². The molecule has 0 radical (unpaired) electrons. The van der Waals surface area contributed by atoms with Gasteiger partial charge in [0.1, 0.15) is 11.9 Å². The number of amides is 1. The highest BCUT2D eigenvalue weighted by Gasteiger charge is 2.15. The summed E-state index contributed by atoms with van der Waals surface area (Å²) in [5.41, 5.74) is 2.00. The summed E-state index contributed by atoms with van der Waals surface area (Å²) < 4.78 is 11.1. The number of benzene rings is 2. The van der Waals surface area contributed by atoms with Gasteiger partial charge in [0, 0.05) is 25.6 Å². The van der Waals surface area contributed by atoms with E-state index in [1.165, 1.54) is 0 Å². The first-order valence-corrected chi connectivity index (χ1v) is 10.6. The van der Waals surface area contributed by atoms with Crippen LogP contribution in [0.2, 0.25) is 0 Å². The molecule has 32 heavy (non-hydrogen) atoms. The average molecular weight is 440 g/mol. The van der Waals surface area contributed by atoms with Gasteiger partial charge in [-0.2, -0.15) is 0 Å². The zero-order valence-electron chi connectivity index (χ0n) is 19.0. The van der Waals surface area contributed by atoms with Crippen LogP contribution >= 0.6 is 0 Å². The Kier molecular flexibility index (Phi) is 10.1. The Bertz CT molecular complexity index is 875. The van der Waals surface area contributed by atoms with Crippen LogP contribution in [0.1, 0.15) is 36.2 Å². The van der Waals surface area contributed by atoms with Crippen LogP contribution in [0.5, 0.6) is 5.75 Å². The SMILES string of the molecule is C=C(CCOc1ccc(CCNC(=O)c2ccccc2)cc1)C(/C=C/C(C)(C)OC)OO. The van der Waals surface area contributed by atoms with Crippen molar-refractivity contribution in [2.45, 2.75) is 38.4 Å². The van der Waals surface area contributed by atoms with E-state index in [0.717, 1.165) is 17.7 Å². The first kappa shape index (κ1) is 25.3. The lowest BCUT2D eigenvalue weighted by molar-refractivity contribution is -0.257. The lowest BCUT2D eigenvalue weighted by Gasteiger charge is -2.19. The summed E-state index contributed by atoms with van der Waals surface area (Å²) in [6.45, 7) is 8.76. The molecule has 0 saturated carbocycles.